The molecule has 2 aromatic heterocycles. The first-order chi connectivity index (χ1) is 18.4. The number of nitrogen functional groups attached to an aromatic ring is 1. The highest BCUT2D eigenvalue weighted by molar-refractivity contribution is 7.92. The van der Waals surface area contributed by atoms with Crippen molar-refractivity contribution < 1.29 is 17.9 Å². The third-order valence-electron chi connectivity index (χ3n) is 6.10. The fourth-order valence-corrected chi connectivity index (χ4v) is 5.57. The van der Waals surface area contributed by atoms with Crippen molar-refractivity contribution >= 4 is 21.4 Å². The summed E-state index contributed by atoms with van der Waals surface area (Å²) in [5.74, 6) is -0.787. The summed E-state index contributed by atoms with van der Waals surface area (Å²) in [7, 11) is -0.0331. The fraction of sp³-hybridized carbons (Fsp3) is 0.233. The standard InChI is InChI=1S/C30H32N4O4S/c1-19-15-20(2)29(21(3)16-19)38-30-24(26(35)18-39(36,37)28-8-6-7-27(31)33-28)13-14-25(32-30)23-11-9-22(10-12-23)17-34(4)5/h6-16H,17-18H2,1-5H3,(H2,31,33). The number of carbonyl (C=O) groups excluding carboxylic acids is 1. The van der Waals surface area contributed by atoms with Crippen molar-refractivity contribution in [3.05, 3.63) is 94.5 Å². The molecular weight excluding hydrogens is 512 g/mol. The Morgan fingerprint density at radius 3 is 2.21 bits per heavy atom. The van der Waals surface area contributed by atoms with Crippen LogP contribution < -0.4 is 10.5 Å². The Morgan fingerprint density at radius 2 is 1.59 bits per heavy atom. The molecule has 0 saturated carbocycles. The minimum Gasteiger partial charge on any atom is -0.438 e. The number of benzene rings is 2. The number of Topliss-reactive ketones (excluding diaryl/α,β-unsaturated/α-hetero) is 1. The smallest absolute Gasteiger partial charge is 0.230 e. The van der Waals surface area contributed by atoms with E-state index in [1.54, 1.807) is 12.1 Å². The zero-order chi connectivity index (χ0) is 28.3. The molecule has 0 spiro atoms. The van der Waals surface area contributed by atoms with Gasteiger partial charge in [0, 0.05) is 12.1 Å². The summed E-state index contributed by atoms with van der Waals surface area (Å²) in [6.07, 6.45) is 0. The van der Waals surface area contributed by atoms with Crippen molar-refractivity contribution in [2.75, 3.05) is 25.6 Å². The maximum atomic E-state index is 13.4. The maximum Gasteiger partial charge on any atom is 0.230 e. The van der Waals surface area contributed by atoms with Crippen LogP contribution in [0.3, 0.4) is 0 Å². The molecule has 39 heavy (non-hydrogen) atoms. The van der Waals surface area contributed by atoms with Crippen molar-refractivity contribution in [1.29, 1.82) is 0 Å². The van der Waals surface area contributed by atoms with Crippen LogP contribution in [0, 0.1) is 20.8 Å². The van der Waals surface area contributed by atoms with E-state index in [0.29, 0.717) is 11.4 Å². The van der Waals surface area contributed by atoms with E-state index in [2.05, 4.69) is 14.9 Å². The Balaban J connectivity index is 1.74. The fourth-order valence-electron chi connectivity index (χ4n) is 4.39. The minimum atomic E-state index is -4.05. The molecule has 2 N–H and O–H groups in total. The summed E-state index contributed by atoms with van der Waals surface area (Å²) in [6, 6.07) is 19.5. The van der Waals surface area contributed by atoms with Gasteiger partial charge >= 0.3 is 0 Å². The first-order valence-corrected chi connectivity index (χ1v) is 14.1. The number of pyridine rings is 2. The number of aryl methyl sites for hydroxylation is 3. The average Bonchev–Trinajstić information content (AvgIpc) is 2.86. The summed E-state index contributed by atoms with van der Waals surface area (Å²) < 4.78 is 32.2. The lowest BCUT2D eigenvalue weighted by atomic mass is 10.1. The molecule has 0 saturated heterocycles. The average molecular weight is 545 g/mol. The van der Waals surface area contributed by atoms with Gasteiger partial charge in [0.2, 0.25) is 15.7 Å². The van der Waals surface area contributed by atoms with E-state index in [1.807, 2.05) is 71.3 Å². The second-order valence-corrected chi connectivity index (χ2v) is 11.8. The number of nitrogens with zero attached hydrogens (tertiary/aromatic N) is 3. The molecule has 2 heterocycles. The lowest BCUT2D eigenvalue weighted by molar-refractivity contribution is 0.101. The zero-order valence-corrected chi connectivity index (χ0v) is 23.5. The molecule has 8 nitrogen and oxygen atoms in total. The Morgan fingerprint density at radius 1 is 0.923 bits per heavy atom. The molecule has 0 atom stereocenters. The van der Waals surface area contributed by atoms with Gasteiger partial charge in [0.25, 0.3) is 0 Å². The van der Waals surface area contributed by atoms with Crippen LogP contribution in [-0.4, -0.2) is 48.9 Å². The second kappa shape index (κ2) is 11.3. The minimum absolute atomic E-state index is 0.0423. The number of nitrogens with two attached hydrogens (primary N) is 1. The maximum absolute atomic E-state index is 13.4. The number of carbonyl (C=O) groups is 1. The highest BCUT2D eigenvalue weighted by atomic mass is 32.2. The molecule has 0 unspecified atom stereocenters. The largest absolute Gasteiger partial charge is 0.438 e. The van der Waals surface area contributed by atoms with Gasteiger partial charge in [0.15, 0.2) is 10.8 Å². The number of ketones is 1. The van der Waals surface area contributed by atoms with Crippen LogP contribution in [0.2, 0.25) is 0 Å². The number of anilines is 1. The number of ether oxygens (including phenoxy) is 1. The summed E-state index contributed by atoms with van der Waals surface area (Å²) >= 11 is 0. The number of rotatable bonds is 9. The molecule has 202 valence electrons. The molecule has 0 bridgehead atoms. The Labute approximate surface area is 229 Å². The molecule has 0 aliphatic heterocycles. The van der Waals surface area contributed by atoms with E-state index in [-0.39, 0.29) is 22.3 Å². The van der Waals surface area contributed by atoms with Gasteiger partial charge in [-0.05, 0) is 75.8 Å². The van der Waals surface area contributed by atoms with E-state index in [4.69, 9.17) is 10.5 Å². The zero-order valence-electron chi connectivity index (χ0n) is 22.7. The number of hydrogen-bond donors (Lipinski definition) is 1. The van der Waals surface area contributed by atoms with Gasteiger partial charge < -0.3 is 15.4 Å². The molecule has 0 radical (unpaired) electrons. The second-order valence-electron chi connectivity index (χ2n) is 9.90. The van der Waals surface area contributed by atoms with E-state index < -0.39 is 21.4 Å². The third kappa shape index (κ3) is 6.68. The van der Waals surface area contributed by atoms with Crippen molar-refractivity contribution in [1.82, 2.24) is 14.9 Å². The Hall–Kier alpha value is -4.08. The van der Waals surface area contributed by atoms with E-state index >= 15 is 0 Å². The van der Waals surface area contributed by atoms with Gasteiger partial charge in [-0.3, -0.25) is 4.79 Å². The summed E-state index contributed by atoms with van der Waals surface area (Å²) in [5.41, 5.74) is 11.1. The van der Waals surface area contributed by atoms with Crippen LogP contribution in [0.5, 0.6) is 11.6 Å². The topological polar surface area (TPSA) is 115 Å². The van der Waals surface area contributed by atoms with Gasteiger partial charge in [0.05, 0.1) is 11.3 Å². The first-order valence-electron chi connectivity index (χ1n) is 12.4. The molecule has 0 amide bonds. The van der Waals surface area contributed by atoms with Crippen molar-refractivity contribution in [3.63, 3.8) is 0 Å². The highest BCUT2D eigenvalue weighted by Crippen LogP contribution is 2.33. The lowest BCUT2D eigenvalue weighted by Crippen LogP contribution is -2.19. The van der Waals surface area contributed by atoms with E-state index in [1.165, 1.54) is 18.2 Å². The first kappa shape index (κ1) is 27.9. The van der Waals surface area contributed by atoms with Crippen LogP contribution in [0.25, 0.3) is 11.3 Å². The summed E-state index contributed by atoms with van der Waals surface area (Å²) in [5, 5.41) is -0.258. The van der Waals surface area contributed by atoms with Gasteiger partial charge in [0.1, 0.15) is 17.3 Å². The number of aromatic nitrogens is 2. The monoisotopic (exact) mass is 544 g/mol. The third-order valence-corrected chi connectivity index (χ3v) is 7.60. The van der Waals surface area contributed by atoms with Crippen molar-refractivity contribution in [3.8, 4) is 22.9 Å². The summed E-state index contributed by atoms with van der Waals surface area (Å²) in [4.78, 5) is 24.0. The quantitative estimate of drug-likeness (QED) is 0.287. The Bertz CT molecular complexity index is 1610. The van der Waals surface area contributed by atoms with E-state index in [0.717, 1.165) is 34.4 Å². The van der Waals surface area contributed by atoms with Gasteiger partial charge in [-0.2, -0.15) is 0 Å². The van der Waals surface area contributed by atoms with Crippen LogP contribution in [-0.2, 0) is 16.4 Å². The lowest BCUT2D eigenvalue weighted by Gasteiger charge is -2.16. The van der Waals surface area contributed by atoms with Gasteiger partial charge in [-0.25, -0.2) is 18.4 Å². The van der Waals surface area contributed by atoms with Crippen molar-refractivity contribution in [2.45, 2.75) is 32.3 Å². The van der Waals surface area contributed by atoms with Crippen molar-refractivity contribution in [2.24, 2.45) is 0 Å². The number of hydrogen-bond acceptors (Lipinski definition) is 8. The molecule has 0 fully saturated rings. The van der Waals surface area contributed by atoms with Crippen LogP contribution in [0.4, 0.5) is 5.82 Å². The molecule has 0 aliphatic rings. The molecule has 9 heteroatoms. The molecule has 2 aromatic carbocycles. The molecular formula is C30H32N4O4S. The van der Waals surface area contributed by atoms with Crippen LogP contribution in [0.1, 0.15) is 32.6 Å². The van der Waals surface area contributed by atoms with E-state index in [9.17, 15) is 13.2 Å². The Kier molecular flexibility index (Phi) is 8.13. The highest BCUT2D eigenvalue weighted by Gasteiger charge is 2.26. The molecule has 0 aliphatic carbocycles. The normalized spacial score (nSPS) is 11.5. The predicted octanol–water partition coefficient (Wildman–Crippen LogP) is 5.16. The van der Waals surface area contributed by atoms with Crippen LogP contribution in [0.15, 0.2) is 71.8 Å². The molecule has 4 aromatic rings. The predicted molar refractivity (Wildman–Crippen MR) is 153 cm³/mol. The number of sulfone groups is 1. The van der Waals surface area contributed by atoms with Gasteiger partial charge in [-0.1, -0.05) is 48.0 Å². The molecule has 4 rings (SSSR count). The summed E-state index contributed by atoms with van der Waals surface area (Å²) in [6.45, 7) is 6.63. The van der Waals surface area contributed by atoms with Crippen LogP contribution >= 0.6 is 0 Å². The SMILES string of the molecule is Cc1cc(C)c(Oc2nc(-c3ccc(CN(C)C)cc3)ccc2C(=O)CS(=O)(=O)c2cccc(N)n2)c(C)c1. The van der Waals surface area contributed by atoms with Gasteiger partial charge in [-0.15, -0.1) is 0 Å².